The van der Waals surface area contributed by atoms with Crippen molar-refractivity contribution in [2.24, 2.45) is 0 Å². The number of hydrogen-bond acceptors (Lipinski definition) is 5. The van der Waals surface area contributed by atoms with Crippen LogP contribution < -0.4 is 5.32 Å². The number of hydrogen-bond donors (Lipinski definition) is 1. The van der Waals surface area contributed by atoms with Crippen molar-refractivity contribution in [3.63, 3.8) is 0 Å². The van der Waals surface area contributed by atoms with E-state index in [4.69, 9.17) is 0 Å². The molecule has 4 nitrogen and oxygen atoms in total. The molecule has 0 radical (unpaired) electrons. The number of benzene rings is 1. The first kappa shape index (κ1) is 12.6. The van der Waals surface area contributed by atoms with E-state index in [0.717, 1.165) is 12.1 Å². The highest BCUT2D eigenvalue weighted by Gasteiger charge is 2.10. The van der Waals surface area contributed by atoms with Crippen molar-refractivity contribution in [3.8, 4) is 0 Å². The van der Waals surface area contributed by atoms with Crippen molar-refractivity contribution in [2.75, 3.05) is 12.4 Å². The molecular formula is C13H14N2O2S. The van der Waals surface area contributed by atoms with Crippen molar-refractivity contribution in [3.05, 3.63) is 40.9 Å². The molecule has 2 rings (SSSR count). The minimum atomic E-state index is -0.359. The van der Waals surface area contributed by atoms with Gasteiger partial charge in [0, 0.05) is 5.69 Å². The molecule has 0 atom stereocenters. The molecule has 0 aliphatic carbocycles. The summed E-state index contributed by atoms with van der Waals surface area (Å²) in [5.41, 5.74) is 2.24. The molecule has 18 heavy (non-hydrogen) atoms. The molecule has 1 aromatic carbocycles. The van der Waals surface area contributed by atoms with Crippen LogP contribution in [0.5, 0.6) is 0 Å². The molecule has 1 aromatic heterocycles. The van der Waals surface area contributed by atoms with Crippen LogP contribution in [-0.4, -0.2) is 18.1 Å². The lowest BCUT2D eigenvalue weighted by Gasteiger charge is -2.03. The lowest BCUT2D eigenvalue weighted by Crippen LogP contribution is -1.96. The molecule has 0 bridgehead atoms. The van der Waals surface area contributed by atoms with E-state index < -0.39 is 0 Å². The third-order valence-electron chi connectivity index (χ3n) is 2.51. The number of methoxy groups -OCH3 is 1. The Labute approximate surface area is 110 Å². The summed E-state index contributed by atoms with van der Waals surface area (Å²) in [5.74, 6) is -0.359. The van der Waals surface area contributed by atoms with Gasteiger partial charge in [0.1, 0.15) is 4.88 Å². The Morgan fingerprint density at radius 3 is 2.72 bits per heavy atom. The van der Waals surface area contributed by atoms with Crippen LogP contribution in [0.15, 0.2) is 30.5 Å². The van der Waals surface area contributed by atoms with Crippen molar-refractivity contribution in [1.82, 2.24) is 4.98 Å². The van der Waals surface area contributed by atoms with Crippen LogP contribution >= 0.6 is 11.3 Å². The van der Waals surface area contributed by atoms with Gasteiger partial charge in [-0.15, -0.1) is 0 Å². The van der Waals surface area contributed by atoms with Crippen LogP contribution in [0.1, 0.15) is 22.2 Å². The van der Waals surface area contributed by atoms with Crippen molar-refractivity contribution in [1.29, 1.82) is 0 Å². The number of rotatable bonds is 4. The van der Waals surface area contributed by atoms with Gasteiger partial charge in [-0.3, -0.25) is 0 Å². The number of nitrogens with one attached hydrogen (secondary N) is 1. The van der Waals surface area contributed by atoms with E-state index >= 15 is 0 Å². The normalized spacial score (nSPS) is 10.1. The summed E-state index contributed by atoms with van der Waals surface area (Å²) in [6, 6.07) is 8.13. The average Bonchev–Trinajstić information content (AvgIpc) is 2.87. The molecule has 0 spiro atoms. The Morgan fingerprint density at radius 1 is 1.39 bits per heavy atom. The zero-order chi connectivity index (χ0) is 13.0. The van der Waals surface area contributed by atoms with Gasteiger partial charge in [-0.25, -0.2) is 9.78 Å². The lowest BCUT2D eigenvalue weighted by molar-refractivity contribution is 0.0606. The first-order valence-corrected chi connectivity index (χ1v) is 6.44. The maximum absolute atomic E-state index is 11.3. The van der Waals surface area contributed by atoms with Crippen LogP contribution in [0.4, 0.5) is 10.8 Å². The standard InChI is InChI=1S/C13H14N2O2S/c1-3-9-4-6-10(7-5-9)15-13-14-8-11(18-13)12(16)17-2/h4-8H,3H2,1-2H3,(H,14,15). The van der Waals surface area contributed by atoms with E-state index in [1.807, 2.05) is 12.1 Å². The molecule has 0 amide bonds. The van der Waals surface area contributed by atoms with E-state index in [1.54, 1.807) is 0 Å². The molecule has 1 heterocycles. The van der Waals surface area contributed by atoms with E-state index in [-0.39, 0.29) is 5.97 Å². The van der Waals surface area contributed by atoms with Gasteiger partial charge in [0.05, 0.1) is 13.3 Å². The third-order valence-corrected chi connectivity index (χ3v) is 3.40. The molecular weight excluding hydrogens is 248 g/mol. The zero-order valence-corrected chi connectivity index (χ0v) is 11.1. The molecule has 0 saturated carbocycles. The first-order valence-electron chi connectivity index (χ1n) is 5.63. The van der Waals surface area contributed by atoms with E-state index in [0.29, 0.717) is 10.0 Å². The topological polar surface area (TPSA) is 51.2 Å². The summed E-state index contributed by atoms with van der Waals surface area (Å²) in [7, 11) is 1.36. The zero-order valence-electron chi connectivity index (χ0n) is 10.3. The number of carbonyl (C=O) groups is 1. The van der Waals surface area contributed by atoms with Crippen LogP contribution in [-0.2, 0) is 11.2 Å². The number of aryl methyl sites for hydroxylation is 1. The average molecular weight is 262 g/mol. The quantitative estimate of drug-likeness (QED) is 0.859. The lowest BCUT2D eigenvalue weighted by atomic mass is 10.1. The Morgan fingerprint density at radius 2 is 2.11 bits per heavy atom. The molecule has 5 heteroatoms. The molecule has 0 aliphatic heterocycles. The van der Waals surface area contributed by atoms with E-state index in [1.165, 1.54) is 30.2 Å². The van der Waals surface area contributed by atoms with Gasteiger partial charge >= 0.3 is 5.97 Å². The Kier molecular flexibility index (Phi) is 3.94. The summed E-state index contributed by atoms with van der Waals surface area (Å²) in [4.78, 5) is 15.9. The largest absolute Gasteiger partial charge is 0.465 e. The van der Waals surface area contributed by atoms with Crippen LogP contribution in [0.25, 0.3) is 0 Å². The van der Waals surface area contributed by atoms with Crippen LogP contribution in [0.3, 0.4) is 0 Å². The molecule has 0 unspecified atom stereocenters. The van der Waals surface area contributed by atoms with Crippen LogP contribution in [0.2, 0.25) is 0 Å². The van der Waals surface area contributed by atoms with E-state index in [2.05, 4.69) is 34.1 Å². The number of carbonyl (C=O) groups excluding carboxylic acids is 1. The number of thiazole rings is 1. The summed E-state index contributed by atoms with van der Waals surface area (Å²) < 4.78 is 4.63. The second kappa shape index (κ2) is 5.64. The smallest absolute Gasteiger partial charge is 0.349 e. The maximum atomic E-state index is 11.3. The fourth-order valence-corrected chi connectivity index (χ4v) is 2.23. The first-order chi connectivity index (χ1) is 8.72. The van der Waals surface area contributed by atoms with Crippen molar-refractivity contribution in [2.45, 2.75) is 13.3 Å². The molecule has 94 valence electrons. The summed E-state index contributed by atoms with van der Waals surface area (Å²) in [5, 5.41) is 3.83. The Hall–Kier alpha value is -1.88. The summed E-state index contributed by atoms with van der Waals surface area (Å²) >= 11 is 1.27. The SMILES string of the molecule is CCc1ccc(Nc2ncc(C(=O)OC)s2)cc1. The number of esters is 1. The second-order valence-corrected chi connectivity index (χ2v) is 4.73. The number of nitrogens with zero attached hydrogens (tertiary/aromatic N) is 1. The molecule has 0 saturated heterocycles. The Bertz CT molecular complexity index is 534. The molecule has 0 aliphatic rings. The van der Waals surface area contributed by atoms with Gasteiger partial charge in [0.2, 0.25) is 0 Å². The van der Waals surface area contributed by atoms with Gasteiger partial charge < -0.3 is 10.1 Å². The fraction of sp³-hybridized carbons (Fsp3) is 0.231. The van der Waals surface area contributed by atoms with Gasteiger partial charge in [0.15, 0.2) is 5.13 Å². The minimum Gasteiger partial charge on any atom is -0.465 e. The predicted octanol–water partition coefficient (Wildman–Crippen LogP) is 3.24. The van der Waals surface area contributed by atoms with Gasteiger partial charge in [-0.1, -0.05) is 30.4 Å². The summed E-state index contributed by atoms with van der Waals surface area (Å²) in [6.45, 7) is 2.12. The van der Waals surface area contributed by atoms with Crippen LogP contribution in [0, 0.1) is 0 Å². The molecule has 0 fully saturated rings. The Balaban J connectivity index is 2.08. The second-order valence-electron chi connectivity index (χ2n) is 3.70. The highest BCUT2D eigenvalue weighted by atomic mass is 32.1. The number of anilines is 2. The molecule has 2 aromatic rings. The highest BCUT2D eigenvalue weighted by molar-refractivity contribution is 7.17. The predicted molar refractivity (Wildman–Crippen MR) is 72.6 cm³/mol. The van der Waals surface area contributed by atoms with E-state index in [9.17, 15) is 4.79 Å². The van der Waals surface area contributed by atoms with Gasteiger partial charge in [-0.05, 0) is 24.1 Å². The minimum absolute atomic E-state index is 0.359. The molecule has 1 N–H and O–H groups in total. The number of aromatic nitrogens is 1. The van der Waals surface area contributed by atoms with Gasteiger partial charge in [-0.2, -0.15) is 0 Å². The fourth-order valence-electron chi connectivity index (χ4n) is 1.47. The van der Waals surface area contributed by atoms with Gasteiger partial charge in [0.25, 0.3) is 0 Å². The monoisotopic (exact) mass is 262 g/mol. The highest BCUT2D eigenvalue weighted by Crippen LogP contribution is 2.23. The van der Waals surface area contributed by atoms with Crippen molar-refractivity contribution >= 4 is 28.1 Å². The maximum Gasteiger partial charge on any atom is 0.349 e. The number of ether oxygens (including phenoxy) is 1. The van der Waals surface area contributed by atoms with Crippen molar-refractivity contribution < 1.29 is 9.53 Å². The third kappa shape index (κ3) is 2.87. The summed E-state index contributed by atoms with van der Waals surface area (Å²) in [6.07, 6.45) is 2.53.